The summed E-state index contributed by atoms with van der Waals surface area (Å²) in [4.78, 5) is 28.4. The van der Waals surface area contributed by atoms with Gasteiger partial charge in [-0.2, -0.15) is 9.36 Å². The van der Waals surface area contributed by atoms with Crippen LogP contribution >= 0.6 is 0 Å². The average molecular weight is 1530 g/mol. The first-order chi connectivity index (χ1) is 56.8. The molecular formula is C102H95N15+4. The summed E-state index contributed by atoms with van der Waals surface area (Å²) >= 11 is 0. The maximum absolute atomic E-state index is 4.85. The lowest BCUT2D eigenvalue weighted by molar-refractivity contribution is -0.735. The molecule has 0 amide bonds. The van der Waals surface area contributed by atoms with Gasteiger partial charge in [0.2, 0.25) is 11.0 Å². The summed E-state index contributed by atoms with van der Waals surface area (Å²) in [5.41, 5.74) is 37.2. The summed E-state index contributed by atoms with van der Waals surface area (Å²) in [7, 11) is 8.37. The van der Waals surface area contributed by atoms with Crippen molar-refractivity contribution in [2.75, 3.05) is 9.80 Å². The summed E-state index contributed by atoms with van der Waals surface area (Å²) in [5.74, 6) is 0. The topological polar surface area (TPSA) is 106 Å². The maximum Gasteiger partial charge on any atom is 0.265 e. The van der Waals surface area contributed by atoms with Gasteiger partial charge in [0.15, 0.2) is 26.5 Å². The summed E-state index contributed by atoms with van der Waals surface area (Å²) < 4.78 is 17.8. The Hall–Kier alpha value is -14.1. The van der Waals surface area contributed by atoms with Gasteiger partial charge >= 0.3 is 0 Å². The van der Waals surface area contributed by atoms with Crippen molar-refractivity contribution in [3.8, 4) is 22.3 Å². The van der Waals surface area contributed by atoms with Crippen LogP contribution in [0.5, 0.6) is 0 Å². The molecule has 1 aliphatic rings. The molecule has 22 rings (SSSR count). The predicted molar refractivity (Wildman–Crippen MR) is 479 cm³/mol. The van der Waals surface area contributed by atoms with Crippen molar-refractivity contribution in [1.82, 2.24) is 43.3 Å². The summed E-state index contributed by atoms with van der Waals surface area (Å²) in [6.07, 6.45) is 11.9. The summed E-state index contributed by atoms with van der Waals surface area (Å²) in [6, 6.07) is 85.8. The fraction of sp³-hybridized carbons (Fsp3) is 0.167. The van der Waals surface area contributed by atoms with E-state index in [1.165, 1.54) is 183 Å². The van der Waals surface area contributed by atoms with E-state index >= 15 is 0 Å². The van der Waals surface area contributed by atoms with Crippen molar-refractivity contribution in [3.63, 3.8) is 0 Å². The van der Waals surface area contributed by atoms with E-state index in [2.05, 4.69) is 433 Å². The highest BCUT2D eigenvalue weighted by atomic mass is 15.4. The molecule has 8 aromatic carbocycles. The van der Waals surface area contributed by atoms with E-state index < -0.39 is 0 Å². The van der Waals surface area contributed by atoms with Crippen molar-refractivity contribution in [3.05, 3.63) is 342 Å². The van der Waals surface area contributed by atoms with Gasteiger partial charge in [0.1, 0.15) is 50.3 Å². The molecule has 13 aromatic heterocycles. The largest absolute Gasteiger partial charge is 0.317 e. The molecule has 0 aliphatic carbocycles. The molecule has 0 saturated heterocycles. The molecule has 15 heteroatoms. The third-order valence-electron chi connectivity index (χ3n) is 24.0. The molecule has 1 atom stereocenters. The van der Waals surface area contributed by atoms with Crippen molar-refractivity contribution in [1.29, 1.82) is 0 Å². The highest BCUT2D eigenvalue weighted by Gasteiger charge is 2.39. The van der Waals surface area contributed by atoms with Crippen molar-refractivity contribution in [2.45, 2.75) is 89.3 Å². The minimum atomic E-state index is 0.0478. The van der Waals surface area contributed by atoms with Crippen LogP contribution in [0, 0.1) is 76.2 Å². The molecule has 117 heavy (non-hydrogen) atoms. The number of hydrogen-bond donors (Lipinski definition) is 0. The molecule has 574 valence electrons. The summed E-state index contributed by atoms with van der Waals surface area (Å²) in [6.45, 7) is 26.0. The van der Waals surface area contributed by atoms with Gasteiger partial charge < -0.3 is 9.80 Å². The number of anilines is 4. The Balaban J connectivity index is 0.000000104. The number of pyridine rings is 9. The molecule has 14 heterocycles. The van der Waals surface area contributed by atoms with E-state index in [0.717, 1.165) is 33.5 Å². The smallest absolute Gasteiger partial charge is 0.265 e. The van der Waals surface area contributed by atoms with Crippen molar-refractivity contribution < 1.29 is 18.4 Å². The van der Waals surface area contributed by atoms with Crippen LogP contribution in [0.4, 0.5) is 22.7 Å². The third kappa shape index (κ3) is 12.3. The first kappa shape index (κ1) is 74.4. The van der Waals surface area contributed by atoms with E-state index in [-0.39, 0.29) is 6.17 Å². The lowest BCUT2D eigenvalue weighted by atomic mass is 9.94. The zero-order chi connectivity index (χ0) is 80.9. The molecule has 0 saturated carbocycles. The average Bonchev–Trinajstić information content (AvgIpc) is 1.64. The van der Waals surface area contributed by atoms with Gasteiger partial charge in [0, 0.05) is 108 Å². The Morgan fingerprint density at radius 2 is 0.803 bits per heavy atom. The van der Waals surface area contributed by atoms with Gasteiger partial charge in [-0.15, -0.1) is 18.4 Å². The number of fused-ring (bicyclic) bond motifs is 25. The first-order valence-corrected chi connectivity index (χ1v) is 40.2. The van der Waals surface area contributed by atoms with Crippen molar-refractivity contribution >= 4 is 132 Å². The van der Waals surface area contributed by atoms with Crippen LogP contribution in [-0.4, -0.2) is 49.5 Å². The number of aromatic nitrogens is 13. The normalized spacial score (nSPS) is 12.7. The third-order valence-corrected chi connectivity index (χ3v) is 24.0. The second kappa shape index (κ2) is 29.7. The van der Waals surface area contributed by atoms with Gasteiger partial charge in [0.05, 0.1) is 64.7 Å². The van der Waals surface area contributed by atoms with E-state index in [4.69, 9.17) is 4.98 Å². The van der Waals surface area contributed by atoms with E-state index in [0.29, 0.717) is 0 Å². The van der Waals surface area contributed by atoms with Gasteiger partial charge in [-0.25, -0.2) is 9.97 Å². The zero-order valence-electron chi connectivity index (χ0n) is 69.3. The molecule has 21 aromatic rings. The van der Waals surface area contributed by atoms with Crippen LogP contribution < -0.4 is 28.2 Å². The SMILES string of the molecule is Cc1c(C)n(C)[n+]2c1c1ccccc1c1nccc(C)c12.Cc1c[n+](C)n2c1c1ccccc1c1nccc(C)c12.Cc1cc(C)c(N2c3ccccc3N(c3c(-c4ccccc4)cccc3-c3ccccc3)[C@H]2C)c(C)n1.Cc1ccnc2c3ccccc3c3cc(C)n(C)[n+]3c12.Cc1ccnc2c3ccccc3c3cc[n+](C)n3c12. The highest BCUT2D eigenvalue weighted by molar-refractivity contribution is 6.14. The number of rotatable bonds is 4. The Morgan fingerprint density at radius 3 is 1.37 bits per heavy atom. The molecule has 0 radical (unpaired) electrons. The van der Waals surface area contributed by atoms with Crippen LogP contribution in [0.1, 0.15) is 68.6 Å². The van der Waals surface area contributed by atoms with Crippen LogP contribution in [0.15, 0.2) is 280 Å². The van der Waals surface area contributed by atoms with E-state index in [9.17, 15) is 0 Å². The fourth-order valence-electron chi connectivity index (χ4n) is 18.4. The molecule has 1 aliphatic heterocycles. The molecule has 15 nitrogen and oxygen atoms in total. The standard InChI is InChI=1S/C34H31N3.C18H18N3.2C17H16N3.C16H14N3/c1-23-22-24(2)35-25(3)33(23)36-26(4)37(32-21-12-11-20-31(32)36)34-29(27-14-7-5-8-15-27)18-13-19-30(34)28-16-9-6-10-17-28;1-11-9-10-19-16-14-7-5-6-8-15(14)18-12(2)13(3)20(4)21(18)17(11)16;1-11-8-9-18-15-13-6-4-5-7-14(13)16-12(2)10-19(3)20(16)17(11)15;1-11-8-9-18-16-14-7-5-4-6-13(14)15-10-12(2)19(3)20(15)17(11)16;1-11-7-9-17-15-13-6-4-3-5-12(13)14-8-10-18(2)19(14)16(11)15/h5-22,26H,1-4H3;5-10H,1-4H3;2*4-10H,1-3H3;3-10H,1-2H3/q;4*+1/t26-;;;;/m0..../s1. The lowest BCUT2D eigenvalue weighted by Crippen LogP contribution is -2.36. The van der Waals surface area contributed by atoms with Crippen molar-refractivity contribution in [2.24, 2.45) is 28.2 Å². The van der Waals surface area contributed by atoms with Gasteiger partial charge in [-0.1, -0.05) is 185 Å². The van der Waals surface area contributed by atoms with E-state index in [1.54, 1.807) is 0 Å². The van der Waals surface area contributed by atoms with Crippen LogP contribution in [0.2, 0.25) is 0 Å². The van der Waals surface area contributed by atoms with Crippen LogP contribution in [-0.2, 0) is 28.2 Å². The predicted octanol–water partition coefficient (Wildman–Crippen LogP) is 21.3. The van der Waals surface area contributed by atoms with Crippen LogP contribution in [0.3, 0.4) is 0 Å². The Labute approximate surface area is 680 Å². The first-order valence-electron chi connectivity index (χ1n) is 40.2. The molecule has 0 unspecified atom stereocenters. The van der Waals surface area contributed by atoms with Gasteiger partial charge in [0.25, 0.3) is 11.0 Å². The number of hydrogen-bond acceptors (Lipinski definition) is 7. The second-order valence-corrected chi connectivity index (χ2v) is 31.3. The Bertz CT molecular complexity index is 7430. The molecule has 0 N–H and O–H groups in total. The monoisotopic (exact) mass is 1530 g/mol. The number of benzene rings is 8. The molecule has 0 bridgehead atoms. The highest BCUT2D eigenvalue weighted by Crippen LogP contribution is 2.53. The minimum absolute atomic E-state index is 0.0478. The Morgan fingerprint density at radius 1 is 0.350 bits per heavy atom. The number of aryl methyl sites for hydroxylation is 14. The van der Waals surface area contributed by atoms with Crippen LogP contribution in [0.25, 0.3) is 132 Å². The number of nitrogens with zero attached hydrogens (tertiary/aromatic N) is 15. The second-order valence-electron chi connectivity index (χ2n) is 31.3. The van der Waals surface area contributed by atoms with Gasteiger partial charge in [-0.05, 0) is 165 Å². The molecular weight excluding hydrogens is 1440 g/mol. The molecule has 0 fully saturated rings. The molecule has 0 spiro atoms. The van der Waals surface area contributed by atoms with Gasteiger partial charge in [-0.3, -0.25) is 15.0 Å². The Kier molecular flexibility index (Phi) is 18.9. The van der Waals surface area contributed by atoms with E-state index in [1.807, 2.05) is 24.8 Å². The zero-order valence-corrected chi connectivity index (χ0v) is 69.3. The summed E-state index contributed by atoms with van der Waals surface area (Å²) in [5, 5.41) is 9.91. The minimum Gasteiger partial charge on any atom is -0.317 e. The maximum atomic E-state index is 4.85. The lowest BCUT2D eigenvalue weighted by Gasteiger charge is -2.34. The number of para-hydroxylation sites is 3. The quantitative estimate of drug-likeness (QED) is 0.128. The fourth-order valence-corrected chi connectivity index (χ4v) is 18.4.